The van der Waals surface area contributed by atoms with E-state index in [-0.39, 0.29) is 18.6 Å². The van der Waals surface area contributed by atoms with Gasteiger partial charge in [-0.2, -0.15) is 0 Å². The summed E-state index contributed by atoms with van der Waals surface area (Å²) in [6, 6.07) is 14.5. The van der Waals surface area contributed by atoms with Crippen molar-refractivity contribution >= 4 is 11.6 Å². The van der Waals surface area contributed by atoms with Gasteiger partial charge >= 0.3 is 0 Å². The molecule has 2 N–H and O–H groups in total. The SMILES string of the molecule is CCN(C)C(C(=O)Nc1ccc(OC)c(CO)c1)c1ccccc1. The summed E-state index contributed by atoms with van der Waals surface area (Å²) in [5, 5.41) is 12.4. The van der Waals surface area contributed by atoms with Crippen LogP contribution in [0.15, 0.2) is 48.5 Å². The molecule has 0 aliphatic heterocycles. The molecule has 0 aliphatic carbocycles. The normalized spacial score (nSPS) is 12.0. The standard InChI is InChI=1S/C19H24N2O3/c1-4-21(2)18(14-8-6-5-7-9-14)19(23)20-16-10-11-17(24-3)15(12-16)13-22/h5-12,18,22H,4,13H2,1-3H3,(H,20,23). The monoisotopic (exact) mass is 328 g/mol. The summed E-state index contributed by atoms with van der Waals surface area (Å²) >= 11 is 0. The zero-order chi connectivity index (χ0) is 17.5. The fraction of sp³-hybridized carbons (Fsp3) is 0.316. The van der Waals surface area contributed by atoms with E-state index < -0.39 is 0 Å². The van der Waals surface area contributed by atoms with Gasteiger partial charge in [0.1, 0.15) is 11.8 Å². The topological polar surface area (TPSA) is 61.8 Å². The quantitative estimate of drug-likeness (QED) is 0.820. The lowest BCUT2D eigenvalue weighted by molar-refractivity contribution is -0.121. The molecular formula is C19H24N2O3. The van der Waals surface area contributed by atoms with Crippen LogP contribution in [-0.4, -0.2) is 36.6 Å². The molecule has 1 unspecified atom stereocenters. The number of methoxy groups -OCH3 is 1. The van der Waals surface area contributed by atoms with E-state index in [1.165, 1.54) is 0 Å². The molecule has 24 heavy (non-hydrogen) atoms. The van der Waals surface area contributed by atoms with Gasteiger partial charge in [-0.3, -0.25) is 9.69 Å². The van der Waals surface area contributed by atoms with Crippen molar-refractivity contribution < 1.29 is 14.6 Å². The third-order valence-electron chi connectivity index (χ3n) is 4.02. The maximum atomic E-state index is 12.8. The first-order valence-electron chi connectivity index (χ1n) is 7.94. The van der Waals surface area contributed by atoms with Crippen molar-refractivity contribution in [3.63, 3.8) is 0 Å². The van der Waals surface area contributed by atoms with Crippen LogP contribution in [0.3, 0.4) is 0 Å². The van der Waals surface area contributed by atoms with Gasteiger partial charge in [0.25, 0.3) is 0 Å². The van der Waals surface area contributed by atoms with E-state index in [0.717, 1.165) is 12.1 Å². The first-order valence-corrected chi connectivity index (χ1v) is 7.94. The van der Waals surface area contributed by atoms with Gasteiger partial charge in [-0.25, -0.2) is 0 Å². The van der Waals surface area contributed by atoms with Crippen molar-refractivity contribution in [3.05, 3.63) is 59.7 Å². The van der Waals surface area contributed by atoms with Crippen LogP contribution in [0.1, 0.15) is 24.1 Å². The molecule has 0 spiro atoms. The van der Waals surface area contributed by atoms with Crippen LogP contribution in [0.25, 0.3) is 0 Å². The molecule has 5 heteroatoms. The smallest absolute Gasteiger partial charge is 0.246 e. The number of rotatable bonds is 7. The molecule has 0 radical (unpaired) electrons. The van der Waals surface area contributed by atoms with Crippen LogP contribution in [-0.2, 0) is 11.4 Å². The third-order valence-corrected chi connectivity index (χ3v) is 4.02. The summed E-state index contributed by atoms with van der Waals surface area (Å²) < 4.78 is 5.19. The lowest BCUT2D eigenvalue weighted by Crippen LogP contribution is -2.34. The predicted octanol–water partition coefficient (Wildman–Crippen LogP) is 2.82. The third kappa shape index (κ3) is 4.13. The van der Waals surface area contributed by atoms with E-state index >= 15 is 0 Å². The molecule has 1 atom stereocenters. The molecule has 2 rings (SSSR count). The Morgan fingerprint density at radius 1 is 1.25 bits per heavy atom. The maximum Gasteiger partial charge on any atom is 0.246 e. The molecule has 0 saturated heterocycles. The second-order valence-corrected chi connectivity index (χ2v) is 5.56. The van der Waals surface area contributed by atoms with Gasteiger partial charge in [0.15, 0.2) is 0 Å². The van der Waals surface area contributed by atoms with Gasteiger partial charge in [-0.1, -0.05) is 37.3 Å². The van der Waals surface area contributed by atoms with Crippen molar-refractivity contribution in [2.24, 2.45) is 0 Å². The number of anilines is 1. The molecule has 0 fully saturated rings. The van der Waals surface area contributed by atoms with Gasteiger partial charge in [0, 0.05) is 11.3 Å². The average molecular weight is 328 g/mol. The van der Waals surface area contributed by atoms with Crippen LogP contribution in [0, 0.1) is 0 Å². The number of aliphatic hydroxyl groups is 1. The first-order chi connectivity index (χ1) is 11.6. The molecule has 0 aromatic heterocycles. The summed E-state index contributed by atoms with van der Waals surface area (Å²) in [4.78, 5) is 14.8. The highest BCUT2D eigenvalue weighted by Crippen LogP contribution is 2.25. The predicted molar refractivity (Wildman–Crippen MR) is 95.0 cm³/mol. The number of nitrogens with zero attached hydrogens (tertiary/aromatic N) is 1. The number of aliphatic hydroxyl groups excluding tert-OH is 1. The van der Waals surface area contributed by atoms with Gasteiger partial charge in [-0.05, 0) is 37.4 Å². The number of ether oxygens (including phenoxy) is 1. The number of likely N-dealkylation sites (N-methyl/N-ethyl adjacent to an activating group) is 1. The molecule has 0 bridgehead atoms. The Kier molecular flexibility index (Phi) is 6.35. The van der Waals surface area contributed by atoms with E-state index in [9.17, 15) is 9.90 Å². The minimum atomic E-state index is -0.379. The molecule has 128 valence electrons. The maximum absolute atomic E-state index is 12.8. The number of nitrogens with one attached hydrogen (secondary N) is 1. The summed E-state index contributed by atoms with van der Waals surface area (Å²) in [6.45, 7) is 2.61. The first kappa shape index (κ1) is 18.0. The highest BCUT2D eigenvalue weighted by atomic mass is 16.5. The molecule has 2 aromatic rings. The zero-order valence-electron chi connectivity index (χ0n) is 14.3. The number of carbonyl (C=O) groups is 1. The summed E-state index contributed by atoms with van der Waals surface area (Å²) in [5.41, 5.74) is 2.21. The molecule has 5 nitrogen and oxygen atoms in total. The van der Waals surface area contributed by atoms with Crippen molar-refractivity contribution in [2.45, 2.75) is 19.6 Å². The van der Waals surface area contributed by atoms with E-state index in [2.05, 4.69) is 5.32 Å². The highest BCUT2D eigenvalue weighted by molar-refractivity contribution is 5.95. The molecule has 0 saturated carbocycles. The summed E-state index contributed by atoms with van der Waals surface area (Å²) in [6.07, 6.45) is 0. The van der Waals surface area contributed by atoms with E-state index in [1.807, 2.05) is 49.2 Å². The minimum Gasteiger partial charge on any atom is -0.496 e. The average Bonchev–Trinajstić information content (AvgIpc) is 2.62. The zero-order valence-corrected chi connectivity index (χ0v) is 14.3. The van der Waals surface area contributed by atoms with E-state index in [1.54, 1.807) is 25.3 Å². The van der Waals surface area contributed by atoms with Gasteiger partial charge in [0.05, 0.1) is 13.7 Å². The second kappa shape index (κ2) is 8.47. The fourth-order valence-electron chi connectivity index (χ4n) is 2.61. The number of amides is 1. The van der Waals surface area contributed by atoms with E-state index in [0.29, 0.717) is 17.0 Å². The highest BCUT2D eigenvalue weighted by Gasteiger charge is 2.24. The Hall–Kier alpha value is -2.37. The lowest BCUT2D eigenvalue weighted by atomic mass is 10.0. The van der Waals surface area contributed by atoms with Crippen LogP contribution < -0.4 is 10.1 Å². The Morgan fingerprint density at radius 2 is 1.96 bits per heavy atom. The van der Waals surface area contributed by atoms with Crippen molar-refractivity contribution in [3.8, 4) is 5.75 Å². The van der Waals surface area contributed by atoms with Crippen LogP contribution in [0.2, 0.25) is 0 Å². The van der Waals surface area contributed by atoms with Gasteiger partial charge in [0.2, 0.25) is 5.91 Å². The Bertz CT molecular complexity index is 674. The Balaban J connectivity index is 2.25. The Morgan fingerprint density at radius 3 is 2.54 bits per heavy atom. The van der Waals surface area contributed by atoms with Gasteiger partial charge in [-0.15, -0.1) is 0 Å². The van der Waals surface area contributed by atoms with E-state index in [4.69, 9.17) is 4.74 Å². The number of hydrogen-bond acceptors (Lipinski definition) is 4. The molecule has 1 amide bonds. The van der Waals surface area contributed by atoms with Crippen LogP contribution >= 0.6 is 0 Å². The summed E-state index contributed by atoms with van der Waals surface area (Å²) in [7, 11) is 3.47. The van der Waals surface area contributed by atoms with Crippen molar-refractivity contribution in [1.82, 2.24) is 4.90 Å². The van der Waals surface area contributed by atoms with Crippen molar-refractivity contribution in [2.75, 3.05) is 26.0 Å². The summed E-state index contributed by atoms with van der Waals surface area (Å²) in [5.74, 6) is 0.486. The van der Waals surface area contributed by atoms with Crippen LogP contribution in [0.5, 0.6) is 5.75 Å². The number of benzene rings is 2. The molecule has 2 aromatic carbocycles. The largest absolute Gasteiger partial charge is 0.496 e. The van der Waals surface area contributed by atoms with Crippen molar-refractivity contribution in [1.29, 1.82) is 0 Å². The number of carbonyl (C=O) groups excluding carboxylic acids is 1. The lowest BCUT2D eigenvalue weighted by Gasteiger charge is -2.26. The minimum absolute atomic E-state index is 0.111. The molecular weight excluding hydrogens is 304 g/mol. The second-order valence-electron chi connectivity index (χ2n) is 5.56. The molecule has 0 aliphatic rings. The molecule has 0 heterocycles. The van der Waals surface area contributed by atoms with Gasteiger partial charge < -0.3 is 15.2 Å². The Labute approximate surface area is 142 Å². The van der Waals surface area contributed by atoms with Crippen LogP contribution in [0.4, 0.5) is 5.69 Å². The number of hydrogen-bond donors (Lipinski definition) is 2. The fourth-order valence-corrected chi connectivity index (χ4v) is 2.61.